The molecule has 6 nitrogen and oxygen atoms in total. The average Bonchev–Trinajstić information content (AvgIpc) is 2.96. The number of piperidine rings is 1. The Kier molecular flexibility index (Phi) is 10.5. The highest BCUT2D eigenvalue weighted by atomic mass is 19.1. The minimum absolute atomic E-state index is 0.00750. The predicted molar refractivity (Wildman–Crippen MR) is 161 cm³/mol. The quantitative estimate of drug-likeness (QED) is 0.304. The van der Waals surface area contributed by atoms with Gasteiger partial charge in [0.05, 0.1) is 12.4 Å². The van der Waals surface area contributed by atoms with E-state index in [0.717, 1.165) is 45.3 Å². The van der Waals surface area contributed by atoms with E-state index in [1.54, 1.807) is 17.3 Å². The molecular formula is C32H44FN5O. The van der Waals surface area contributed by atoms with E-state index in [-0.39, 0.29) is 23.9 Å². The first-order valence-electron chi connectivity index (χ1n) is 14.7. The molecule has 0 aromatic heterocycles. The molecule has 1 aliphatic carbocycles. The molecule has 2 aliphatic heterocycles. The highest BCUT2D eigenvalue weighted by Gasteiger charge is 2.30. The van der Waals surface area contributed by atoms with Gasteiger partial charge in [-0.05, 0) is 61.9 Å². The zero-order chi connectivity index (χ0) is 27.6. The molecule has 2 amide bonds. The molecule has 2 aromatic carbocycles. The van der Waals surface area contributed by atoms with E-state index in [2.05, 4.69) is 57.8 Å². The van der Waals surface area contributed by atoms with Crippen molar-refractivity contribution in [2.24, 2.45) is 4.99 Å². The van der Waals surface area contributed by atoms with E-state index in [0.29, 0.717) is 11.7 Å². The molecule has 2 heterocycles. The summed E-state index contributed by atoms with van der Waals surface area (Å²) >= 11 is 0. The maximum absolute atomic E-state index is 14.1. The summed E-state index contributed by atoms with van der Waals surface area (Å²) in [4.78, 5) is 22.1. The van der Waals surface area contributed by atoms with Gasteiger partial charge in [0.2, 0.25) is 0 Å². The molecule has 39 heavy (non-hydrogen) atoms. The molecule has 1 unspecified atom stereocenters. The number of para-hydroxylation sites is 1. The summed E-state index contributed by atoms with van der Waals surface area (Å²) in [5, 5.41) is 6.49. The van der Waals surface area contributed by atoms with Crippen molar-refractivity contribution in [2.75, 3.05) is 23.3 Å². The van der Waals surface area contributed by atoms with Gasteiger partial charge in [0.15, 0.2) is 0 Å². The number of aliphatic imine (C=N–C) groups is 1. The number of rotatable bonds is 6. The molecule has 1 atom stereocenters. The van der Waals surface area contributed by atoms with Crippen LogP contribution in [0.5, 0.6) is 0 Å². The number of urea groups is 1. The Labute approximate surface area is 233 Å². The molecule has 0 radical (unpaired) electrons. The molecule has 1 saturated carbocycles. The second kappa shape index (κ2) is 14.3. The van der Waals surface area contributed by atoms with Crippen molar-refractivity contribution in [1.29, 1.82) is 0 Å². The van der Waals surface area contributed by atoms with E-state index >= 15 is 0 Å². The Morgan fingerprint density at radius 2 is 1.85 bits per heavy atom. The fraction of sp³-hybridized carbons (Fsp3) is 0.500. The van der Waals surface area contributed by atoms with Gasteiger partial charge in [0, 0.05) is 43.1 Å². The van der Waals surface area contributed by atoms with Crippen LogP contribution in [0.15, 0.2) is 53.5 Å². The van der Waals surface area contributed by atoms with Crippen molar-refractivity contribution in [2.45, 2.75) is 90.4 Å². The molecule has 2 aromatic rings. The summed E-state index contributed by atoms with van der Waals surface area (Å²) < 4.78 is 14.1. The van der Waals surface area contributed by atoms with Gasteiger partial charge in [0.1, 0.15) is 5.82 Å². The average molecular weight is 534 g/mol. The largest absolute Gasteiger partial charge is 0.378 e. The third kappa shape index (κ3) is 7.69. The van der Waals surface area contributed by atoms with Crippen LogP contribution < -0.4 is 15.5 Å². The summed E-state index contributed by atoms with van der Waals surface area (Å²) in [6.45, 7) is 8.77. The van der Waals surface area contributed by atoms with Crippen LogP contribution in [-0.2, 0) is 6.54 Å². The van der Waals surface area contributed by atoms with Gasteiger partial charge in [-0.3, -0.25) is 20.1 Å². The van der Waals surface area contributed by atoms with Crippen LogP contribution in [-0.4, -0.2) is 48.5 Å². The number of nitrogens with zero attached hydrogens (tertiary/aromatic N) is 3. The topological polar surface area (TPSA) is 60.0 Å². The highest BCUT2D eigenvalue weighted by molar-refractivity contribution is 5.98. The first-order chi connectivity index (χ1) is 19.1. The van der Waals surface area contributed by atoms with E-state index in [4.69, 9.17) is 0 Å². The predicted octanol–water partition coefficient (Wildman–Crippen LogP) is 7.22. The Balaban J connectivity index is 0.00000172. The third-order valence-electron chi connectivity index (χ3n) is 7.79. The second-order valence-corrected chi connectivity index (χ2v) is 10.6. The number of benzene rings is 2. The Morgan fingerprint density at radius 3 is 2.59 bits per heavy atom. The van der Waals surface area contributed by atoms with Crippen molar-refractivity contribution < 1.29 is 9.18 Å². The van der Waals surface area contributed by atoms with Crippen molar-refractivity contribution >= 4 is 29.8 Å². The van der Waals surface area contributed by atoms with Gasteiger partial charge < -0.3 is 5.32 Å². The number of hydrogen-bond donors (Lipinski definition) is 2. The molecule has 2 N–H and O–H groups in total. The molecule has 210 valence electrons. The number of hydrogen-bond acceptors (Lipinski definition) is 4. The van der Waals surface area contributed by atoms with E-state index in [9.17, 15) is 9.18 Å². The van der Waals surface area contributed by atoms with Gasteiger partial charge in [-0.2, -0.15) is 0 Å². The van der Waals surface area contributed by atoms with E-state index in [1.165, 1.54) is 48.2 Å². The number of carbonyl (C=O) groups is 1. The summed E-state index contributed by atoms with van der Waals surface area (Å²) in [5.41, 5.74) is 4.34. The minimum Gasteiger partial charge on any atom is -0.378 e. The van der Waals surface area contributed by atoms with Crippen molar-refractivity contribution in [1.82, 2.24) is 10.2 Å². The Bertz CT molecular complexity index is 1140. The van der Waals surface area contributed by atoms with Crippen LogP contribution in [0.2, 0.25) is 0 Å². The lowest BCUT2D eigenvalue weighted by Gasteiger charge is -2.38. The van der Waals surface area contributed by atoms with Gasteiger partial charge in [-0.1, -0.05) is 69.5 Å². The minimum atomic E-state index is -0.340. The smallest absolute Gasteiger partial charge is 0.327 e. The number of fused-ring (bicyclic) bond motifs is 1. The third-order valence-corrected chi connectivity index (χ3v) is 7.79. The fourth-order valence-corrected chi connectivity index (χ4v) is 5.78. The lowest BCUT2D eigenvalue weighted by molar-refractivity contribution is 0.198. The number of anilines is 2. The normalized spacial score (nSPS) is 20.1. The second-order valence-electron chi connectivity index (χ2n) is 10.6. The molecule has 0 spiro atoms. The Hall–Kier alpha value is -3.19. The summed E-state index contributed by atoms with van der Waals surface area (Å²) in [5.74, 6) is -0.340. The number of nitrogens with one attached hydrogen (secondary N) is 2. The molecule has 2 fully saturated rings. The van der Waals surface area contributed by atoms with Gasteiger partial charge in [-0.25, -0.2) is 9.18 Å². The number of likely N-dealkylation sites (tertiary alicyclic amines) is 1. The standard InChI is InChI=1S/C30H38FN5O.C2H6/c1-22-13-14-23-7-5-8-24(29(23)34-22)20-35-17-15-27(16-18-35)36(28-12-6-9-25(31)19-28)30(37)33-21-32-26-10-3-2-4-11-26;1-2/h5-9,12-14,19,21-22,26-27,34H,2-4,10-11,15-18,20H2,1H3,(H,32,33,37);1-2H3. The first-order valence-corrected chi connectivity index (χ1v) is 14.7. The van der Waals surface area contributed by atoms with Crippen LogP contribution in [0.25, 0.3) is 6.08 Å². The summed E-state index contributed by atoms with van der Waals surface area (Å²) in [7, 11) is 0. The zero-order valence-corrected chi connectivity index (χ0v) is 23.7. The number of amides is 2. The maximum atomic E-state index is 14.1. The SMILES string of the molecule is CC.CC1C=Cc2cccc(CN3CCC(N(C(=O)NC=NC4CCCCC4)c4cccc(F)c4)CC3)c2N1. The zero-order valence-electron chi connectivity index (χ0n) is 23.7. The van der Waals surface area contributed by atoms with Gasteiger partial charge >= 0.3 is 6.03 Å². The first kappa shape index (κ1) is 28.8. The van der Waals surface area contributed by atoms with Crippen LogP contribution in [0, 0.1) is 5.82 Å². The Morgan fingerprint density at radius 1 is 1.10 bits per heavy atom. The van der Waals surface area contributed by atoms with Crippen LogP contribution in [0.3, 0.4) is 0 Å². The molecule has 7 heteroatoms. The van der Waals surface area contributed by atoms with Crippen molar-refractivity contribution in [3.05, 3.63) is 65.5 Å². The van der Waals surface area contributed by atoms with Gasteiger partial charge in [0.25, 0.3) is 0 Å². The summed E-state index contributed by atoms with van der Waals surface area (Å²) in [6.07, 6.45) is 13.4. The van der Waals surface area contributed by atoms with Gasteiger partial charge in [-0.15, -0.1) is 0 Å². The van der Waals surface area contributed by atoms with Crippen molar-refractivity contribution in [3.63, 3.8) is 0 Å². The van der Waals surface area contributed by atoms with E-state index in [1.807, 2.05) is 19.9 Å². The molecular weight excluding hydrogens is 489 g/mol. The lowest BCUT2D eigenvalue weighted by atomic mass is 9.96. The van der Waals surface area contributed by atoms with Crippen LogP contribution in [0.1, 0.15) is 76.8 Å². The van der Waals surface area contributed by atoms with Crippen LogP contribution in [0.4, 0.5) is 20.6 Å². The lowest BCUT2D eigenvalue weighted by Crippen LogP contribution is -2.50. The molecule has 1 saturated heterocycles. The van der Waals surface area contributed by atoms with Crippen LogP contribution >= 0.6 is 0 Å². The summed E-state index contributed by atoms with van der Waals surface area (Å²) in [6, 6.07) is 13.1. The molecule has 0 bridgehead atoms. The molecule has 3 aliphatic rings. The van der Waals surface area contributed by atoms with Crippen molar-refractivity contribution in [3.8, 4) is 0 Å². The molecule has 5 rings (SSSR count). The fourth-order valence-electron chi connectivity index (χ4n) is 5.78. The number of carbonyl (C=O) groups excluding carboxylic acids is 1. The monoisotopic (exact) mass is 533 g/mol. The maximum Gasteiger partial charge on any atom is 0.327 e. The highest BCUT2D eigenvalue weighted by Crippen LogP contribution is 2.30. The van der Waals surface area contributed by atoms with E-state index < -0.39 is 0 Å². The number of halogens is 1.